The summed E-state index contributed by atoms with van der Waals surface area (Å²) in [6, 6.07) is 40.7. The summed E-state index contributed by atoms with van der Waals surface area (Å²) in [5.74, 6) is 0. The van der Waals surface area contributed by atoms with E-state index in [1.807, 2.05) is 12.1 Å². The molecule has 0 radical (unpaired) electrons. The molecular formula is C54H30O. The first-order valence-electron chi connectivity index (χ1n) is 22.8. The van der Waals surface area contributed by atoms with Crippen molar-refractivity contribution in [2.24, 2.45) is 0 Å². The Morgan fingerprint density at radius 3 is 1.60 bits per heavy atom. The van der Waals surface area contributed by atoms with Crippen LogP contribution in [0, 0.1) is 0 Å². The molecule has 0 atom stereocenters. The molecule has 13 rings (SSSR count). The Morgan fingerprint density at radius 2 is 0.891 bits per heavy atom. The fourth-order valence-corrected chi connectivity index (χ4v) is 9.20. The second-order valence-electron chi connectivity index (χ2n) is 14.5. The second kappa shape index (κ2) is 10.7. The van der Waals surface area contributed by atoms with Crippen LogP contribution in [0.5, 0.6) is 0 Å². The van der Waals surface area contributed by atoms with Crippen LogP contribution < -0.4 is 0 Å². The topological polar surface area (TPSA) is 13.1 Å². The van der Waals surface area contributed by atoms with Crippen LogP contribution in [0.1, 0.15) is 12.3 Å². The van der Waals surface area contributed by atoms with Crippen molar-refractivity contribution in [3.05, 3.63) is 182 Å². The Hall–Kier alpha value is -7.22. The SMILES string of the molecule is [2H]c1c(-c2ccc(-c3ccc4ccc5cccc6ccc3c4c56)cc2-c2ccc3ccc4cccc5ccc2c3c45)c([2H])c2c(oc3c([2H])c([2H])c4c([2H])c([2H])c([2H])c([2H])c4c32)c1[2H]. The predicted molar refractivity (Wildman–Crippen MR) is 235 cm³/mol. The standard InChI is InChI=1S/C54H30O/c1-2-10-42-31(5-1)20-28-49-54(42)47-30-39(21-27-48(47)55-49)41-23-19-38(40-22-15-36-13-11-32-6-3-8-34-17-25-44(40)52(36)50(32)34)29-46(41)43-24-16-37-14-12-33-7-4-9-35-18-26-45(43)53(37)51(33)35/h1-30H/i1D,2D,5D,10D,20D,21D,27D,28D,30D. The van der Waals surface area contributed by atoms with Crippen molar-refractivity contribution in [3.8, 4) is 33.4 Å². The van der Waals surface area contributed by atoms with Gasteiger partial charge in [0.1, 0.15) is 11.2 Å². The van der Waals surface area contributed by atoms with E-state index >= 15 is 0 Å². The zero-order valence-corrected chi connectivity index (χ0v) is 29.0. The molecule has 0 aliphatic heterocycles. The van der Waals surface area contributed by atoms with Gasteiger partial charge in [-0.3, -0.25) is 0 Å². The third kappa shape index (κ3) is 4.02. The van der Waals surface area contributed by atoms with Crippen molar-refractivity contribution in [3.63, 3.8) is 0 Å². The molecule has 0 amide bonds. The largest absolute Gasteiger partial charge is 0.456 e. The number of hydrogen-bond acceptors (Lipinski definition) is 1. The van der Waals surface area contributed by atoms with Gasteiger partial charge in [0, 0.05) is 10.8 Å². The number of fused-ring (bicyclic) bond motifs is 5. The third-order valence-corrected chi connectivity index (χ3v) is 11.6. The van der Waals surface area contributed by atoms with Crippen LogP contribution in [-0.4, -0.2) is 0 Å². The van der Waals surface area contributed by atoms with E-state index in [0.29, 0.717) is 5.56 Å². The molecule has 0 saturated heterocycles. The van der Waals surface area contributed by atoms with Crippen molar-refractivity contribution in [1.29, 1.82) is 0 Å². The molecule has 0 saturated carbocycles. The molecule has 0 unspecified atom stereocenters. The van der Waals surface area contributed by atoms with Gasteiger partial charge in [-0.05, 0) is 133 Å². The first kappa shape index (κ1) is 22.1. The summed E-state index contributed by atoms with van der Waals surface area (Å²) in [6.45, 7) is 0. The minimum Gasteiger partial charge on any atom is -0.456 e. The van der Waals surface area contributed by atoms with E-state index < -0.39 is 36.3 Å². The van der Waals surface area contributed by atoms with E-state index in [-0.39, 0.29) is 56.4 Å². The quantitative estimate of drug-likeness (QED) is 0.167. The zero-order chi connectivity index (χ0) is 43.6. The van der Waals surface area contributed by atoms with Gasteiger partial charge >= 0.3 is 0 Å². The molecule has 13 aromatic rings. The fraction of sp³-hybridized carbons (Fsp3) is 0. The number of benzene rings is 12. The van der Waals surface area contributed by atoms with Gasteiger partial charge in [0.05, 0.1) is 12.3 Å². The third-order valence-electron chi connectivity index (χ3n) is 11.6. The van der Waals surface area contributed by atoms with E-state index in [1.54, 1.807) is 0 Å². The van der Waals surface area contributed by atoms with Gasteiger partial charge in [0.2, 0.25) is 0 Å². The van der Waals surface area contributed by atoms with Gasteiger partial charge in [-0.2, -0.15) is 0 Å². The van der Waals surface area contributed by atoms with E-state index in [4.69, 9.17) is 12.6 Å². The number of furan rings is 1. The molecular weight excluding hydrogens is 665 g/mol. The molecule has 1 heteroatoms. The van der Waals surface area contributed by atoms with Crippen molar-refractivity contribution >= 4 is 97.3 Å². The molecule has 55 heavy (non-hydrogen) atoms. The minimum atomic E-state index is -0.540. The number of rotatable bonds is 3. The Morgan fingerprint density at radius 1 is 0.327 bits per heavy atom. The van der Waals surface area contributed by atoms with Gasteiger partial charge < -0.3 is 4.42 Å². The summed E-state index contributed by atoms with van der Waals surface area (Å²) >= 11 is 0. The Labute approximate surface area is 328 Å². The average molecular weight is 704 g/mol. The van der Waals surface area contributed by atoms with E-state index in [2.05, 4.69) is 115 Å². The summed E-state index contributed by atoms with van der Waals surface area (Å²) in [5.41, 5.74) is 3.86. The van der Waals surface area contributed by atoms with Crippen molar-refractivity contribution < 1.29 is 16.8 Å². The molecule has 1 heterocycles. The molecule has 252 valence electrons. The predicted octanol–water partition coefficient (Wildman–Crippen LogP) is 15.5. The molecule has 1 aromatic heterocycles. The van der Waals surface area contributed by atoms with Crippen LogP contribution in [0.25, 0.3) is 131 Å². The lowest BCUT2D eigenvalue weighted by molar-refractivity contribution is 0.669. The summed E-state index contributed by atoms with van der Waals surface area (Å²) in [6.07, 6.45) is 0. The molecule has 12 aromatic carbocycles. The normalized spacial score (nSPS) is 14.7. The first-order valence-corrected chi connectivity index (χ1v) is 18.3. The van der Waals surface area contributed by atoms with Crippen LogP contribution in [0.2, 0.25) is 0 Å². The van der Waals surface area contributed by atoms with Gasteiger partial charge in [-0.15, -0.1) is 0 Å². The highest BCUT2D eigenvalue weighted by Gasteiger charge is 2.19. The highest BCUT2D eigenvalue weighted by molar-refractivity contribution is 6.27. The fourth-order valence-electron chi connectivity index (χ4n) is 9.20. The second-order valence-corrected chi connectivity index (χ2v) is 14.5. The molecule has 0 spiro atoms. The summed E-state index contributed by atoms with van der Waals surface area (Å²) in [5, 5.41) is 13.3. The number of hydrogen-bond donors (Lipinski definition) is 0. The van der Waals surface area contributed by atoms with Crippen LogP contribution in [0.4, 0.5) is 0 Å². The van der Waals surface area contributed by atoms with Crippen LogP contribution >= 0.6 is 0 Å². The Kier molecular flexibility index (Phi) is 4.29. The molecule has 0 aliphatic rings. The molecule has 0 bridgehead atoms. The van der Waals surface area contributed by atoms with Gasteiger partial charge in [0.15, 0.2) is 0 Å². The van der Waals surface area contributed by atoms with Crippen LogP contribution in [0.3, 0.4) is 0 Å². The monoisotopic (exact) mass is 703 g/mol. The maximum absolute atomic E-state index is 10.0. The van der Waals surface area contributed by atoms with Crippen LogP contribution in [-0.2, 0) is 0 Å². The van der Waals surface area contributed by atoms with Gasteiger partial charge in [-0.1, -0.05) is 158 Å². The summed E-state index contributed by atoms with van der Waals surface area (Å²) in [7, 11) is 0. The Bertz CT molecular complexity index is 4210. The molecule has 0 aliphatic carbocycles. The van der Waals surface area contributed by atoms with E-state index in [1.165, 1.54) is 10.8 Å². The zero-order valence-electron chi connectivity index (χ0n) is 38.0. The minimum absolute atomic E-state index is 0.0479. The van der Waals surface area contributed by atoms with Crippen molar-refractivity contribution in [2.75, 3.05) is 0 Å². The maximum Gasteiger partial charge on any atom is 0.136 e. The lowest BCUT2D eigenvalue weighted by atomic mass is 9.84. The van der Waals surface area contributed by atoms with E-state index in [9.17, 15) is 4.11 Å². The van der Waals surface area contributed by atoms with E-state index in [0.717, 1.165) is 76.1 Å². The average Bonchev–Trinajstić information content (AvgIpc) is 3.73. The van der Waals surface area contributed by atoms with Crippen molar-refractivity contribution in [1.82, 2.24) is 0 Å². The summed E-state index contributed by atoms with van der Waals surface area (Å²) in [4.78, 5) is 0. The molecule has 0 N–H and O–H groups in total. The van der Waals surface area contributed by atoms with Gasteiger partial charge in [-0.25, -0.2) is 0 Å². The smallest absolute Gasteiger partial charge is 0.136 e. The molecule has 1 nitrogen and oxygen atoms in total. The highest BCUT2D eigenvalue weighted by Crippen LogP contribution is 2.46. The van der Waals surface area contributed by atoms with Crippen LogP contribution in [0.15, 0.2) is 186 Å². The maximum atomic E-state index is 10.0. The lowest BCUT2D eigenvalue weighted by Gasteiger charge is -2.19. The first-order chi connectivity index (χ1) is 31.0. The van der Waals surface area contributed by atoms with Gasteiger partial charge in [0.25, 0.3) is 0 Å². The van der Waals surface area contributed by atoms with Crippen molar-refractivity contribution in [2.45, 2.75) is 0 Å². The summed E-state index contributed by atoms with van der Waals surface area (Å²) < 4.78 is 87.6. The Balaban J connectivity index is 1.17. The lowest BCUT2D eigenvalue weighted by Crippen LogP contribution is -1.92. The highest BCUT2D eigenvalue weighted by atomic mass is 16.3. The molecule has 0 fully saturated rings.